The van der Waals surface area contributed by atoms with Crippen LogP contribution in [0.3, 0.4) is 0 Å². The zero-order valence-electron chi connectivity index (χ0n) is 25.4. The van der Waals surface area contributed by atoms with E-state index in [0.717, 1.165) is 24.0 Å². The first-order valence-electron chi connectivity index (χ1n) is 16.0. The molecule has 0 bridgehead atoms. The quantitative estimate of drug-likeness (QED) is 0.115. The summed E-state index contributed by atoms with van der Waals surface area (Å²) in [5, 5.41) is 0. The number of hydrogen-bond acceptors (Lipinski definition) is 1. The Kier molecular flexibility index (Phi) is 12.6. The normalized spacial score (nSPS) is 11.1. The Hall–Kier alpha value is -3.46. The van der Waals surface area contributed by atoms with Gasteiger partial charge in [0.2, 0.25) is 5.82 Å². The Morgan fingerprint density at radius 2 is 0.905 bits per heavy atom. The topological polar surface area (TPSA) is 9.23 Å². The zero-order chi connectivity index (χ0) is 29.6. The number of unbranched alkanes of at least 4 members (excludes halogenated alkanes) is 9. The molecule has 1 nitrogen and oxygen atoms in total. The van der Waals surface area contributed by atoms with Gasteiger partial charge in [-0.2, -0.15) is 4.39 Å². The van der Waals surface area contributed by atoms with Crippen molar-refractivity contribution in [2.75, 3.05) is 6.61 Å². The van der Waals surface area contributed by atoms with Gasteiger partial charge in [0.1, 0.15) is 0 Å². The van der Waals surface area contributed by atoms with E-state index in [0.29, 0.717) is 12.2 Å². The fourth-order valence-electron chi connectivity index (χ4n) is 5.46. The molecule has 0 heterocycles. The predicted molar refractivity (Wildman–Crippen MR) is 174 cm³/mol. The largest absolute Gasteiger partial charge is 0.490 e. The van der Waals surface area contributed by atoms with Gasteiger partial charge in [-0.25, -0.2) is 4.39 Å². The lowest BCUT2D eigenvalue weighted by molar-refractivity contribution is 0.295. The molecule has 0 saturated carbocycles. The lowest BCUT2D eigenvalue weighted by atomic mass is 9.97. The first-order valence-corrected chi connectivity index (χ1v) is 16.0. The molecule has 0 saturated heterocycles. The van der Waals surface area contributed by atoms with Crippen molar-refractivity contribution < 1.29 is 13.5 Å². The summed E-state index contributed by atoms with van der Waals surface area (Å²) in [7, 11) is 0. The fourth-order valence-corrected chi connectivity index (χ4v) is 5.46. The molecule has 0 N–H and O–H groups in total. The molecule has 0 spiro atoms. The number of hydrogen-bond donors (Lipinski definition) is 0. The summed E-state index contributed by atoms with van der Waals surface area (Å²) in [6, 6.07) is 28.1. The molecule has 0 fully saturated rings. The summed E-state index contributed by atoms with van der Waals surface area (Å²) in [5.74, 6) is -1.86. The van der Waals surface area contributed by atoms with Gasteiger partial charge in [0, 0.05) is 5.56 Å². The van der Waals surface area contributed by atoms with Crippen LogP contribution in [0.2, 0.25) is 0 Å². The van der Waals surface area contributed by atoms with Crippen molar-refractivity contribution in [1.29, 1.82) is 0 Å². The molecule has 0 unspecified atom stereocenters. The van der Waals surface area contributed by atoms with Gasteiger partial charge in [0.15, 0.2) is 11.6 Å². The molecule has 222 valence electrons. The standard InChI is InChI=1S/C39H46F2O/c1-3-5-6-7-8-9-10-11-12-13-14-30-15-17-31(18-16-30)32-19-21-33(22-20-32)34-23-25-35(26-24-34)36-27-28-37(42-29-4-2)39(41)38(36)40/h15-28H,3-14,29H2,1-2H3. The summed E-state index contributed by atoms with van der Waals surface area (Å²) < 4.78 is 34.5. The highest BCUT2D eigenvalue weighted by Gasteiger charge is 2.16. The molecule has 0 radical (unpaired) electrons. The van der Waals surface area contributed by atoms with Crippen molar-refractivity contribution in [2.24, 2.45) is 0 Å². The molecule has 4 aromatic rings. The van der Waals surface area contributed by atoms with E-state index in [1.165, 1.54) is 87.0 Å². The van der Waals surface area contributed by atoms with E-state index in [9.17, 15) is 8.78 Å². The van der Waals surface area contributed by atoms with Crippen LogP contribution < -0.4 is 4.74 Å². The first kappa shape index (κ1) is 31.5. The van der Waals surface area contributed by atoms with Crippen molar-refractivity contribution in [3.8, 4) is 39.1 Å². The van der Waals surface area contributed by atoms with Crippen molar-refractivity contribution in [3.63, 3.8) is 0 Å². The average molecular weight is 569 g/mol. The fraction of sp³-hybridized carbons (Fsp3) is 0.385. The molecular weight excluding hydrogens is 522 g/mol. The van der Waals surface area contributed by atoms with Gasteiger partial charge in [-0.15, -0.1) is 0 Å². The number of benzene rings is 4. The van der Waals surface area contributed by atoms with Crippen LogP contribution >= 0.6 is 0 Å². The maximum absolute atomic E-state index is 14.7. The summed E-state index contributed by atoms with van der Waals surface area (Å²) >= 11 is 0. The minimum atomic E-state index is -0.938. The monoisotopic (exact) mass is 568 g/mol. The van der Waals surface area contributed by atoms with Gasteiger partial charge in [0.25, 0.3) is 0 Å². The van der Waals surface area contributed by atoms with E-state index < -0.39 is 11.6 Å². The Bertz CT molecular complexity index is 1340. The second kappa shape index (κ2) is 16.9. The van der Waals surface area contributed by atoms with Crippen LogP contribution in [0.25, 0.3) is 33.4 Å². The van der Waals surface area contributed by atoms with Gasteiger partial charge in [-0.1, -0.05) is 144 Å². The van der Waals surface area contributed by atoms with Crippen molar-refractivity contribution in [2.45, 2.75) is 90.9 Å². The third-order valence-electron chi connectivity index (χ3n) is 8.03. The van der Waals surface area contributed by atoms with E-state index in [1.54, 1.807) is 6.07 Å². The summed E-state index contributed by atoms with van der Waals surface area (Å²) in [5.41, 5.74) is 6.78. The molecule has 4 aromatic carbocycles. The smallest absolute Gasteiger partial charge is 0.201 e. The van der Waals surface area contributed by atoms with Crippen LogP contribution in [0.1, 0.15) is 90.0 Å². The lowest BCUT2D eigenvalue weighted by Gasteiger charge is -2.11. The summed E-state index contributed by atoms with van der Waals surface area (Å²) in [4.78, 5) is 0. The third-order valence-corrected chi connectivity index (χ3v) is 8.03. The highest BCUT2D eigenvalue weighted by atomic mass is 19.2. The maximum atomic E-state index is 14.7. The Morgan fingerprint density at radius 3 is 1.40 bits per heavy atom. The molecule has 0 aromatic heterocycles. The highest BCUT2D eigenvalue weighted by molar-refractivity contribution is 5.73. The molecule has 0 atom stereocenters. The van der Waals surface area contributed by atoms with Gasteiger partial charge < -0.3 is 4.74 Å². The van der Waals surface area contributed by atoms with Crippen molar-refractivity contribution in [1.82, 2.24) is 0 Å². The van der Waals surface area contributed by atoms with Crippen LogP contribution in [0.4, 0.5) is 8.78 Å². The molecule has 0 amide bonds. The summed E-state index contributed by atoms with van der Waals surface area (Å²) in [6.07, 6.45) is 15.5. The number of ether oxygens (including phenoxy) is 1. The lowest BCUT2D eigenvalue weighted by Crippen LogP contribution is -2.00. The number of halogens is 2. The number of rotatable bonds is 17. The minimum Gasteiger partial charge on any atom is -0.490 e. The molecule has 0 aliphatic rings. The molecule has 4 rings (SSSR count). The molecular formula is C39H46F2O. The van der Waals surface area contributed by atoms with Crippen LogP contribution in [0.15, 0.2) is 84.9 Å². The van der Waals surface area contributed by atoms with E-state index >= 15 is 0 Å². The maximum Gasteiger partial charge on any atom is 0.201 e. The Labute approximate surface area is 252 Å². The first-order chi connectivity index (χ1) is 20.6. The average Bonchev–Trinajstić information content (AvgIpc) is 3.03. The van der Waals surface area contributed by atoms with Gasteiger partial charge in [0.05, 0.1) is 6.61 Å². The van der Waals surface area contributed by atoms with Gasteiger partial charge in [-0.3, -0.25) is 0 Å². The van der Waals surface area contributed by atoms with Crippen molar-refractivity contribution in [3.05, 3.63) is 102 Å². The second-order valence-corrected chi connectivity index (χ2v) is 11.4. The van der Waals surface area contributed by atoms with E-state index in [1.807, 2.05) is 31.2 Å². The van der Waals surface area contributed by atoms with E-state index in [4.69, 9.17) is 4.74 Å². The van der Waals surface area contributed by atoms with Gasteiger partial charge >= 0.3 is 0 Å². The Balaban J connectivity index is 1.27. The molecule has 3 heteroatoms. The van der Waals surface area contributed by atoms with Gasteiger partial charge in [-0.05, 0) is 64.8 Å². The van der Waals surface area contributed by atoms with Crippen LogP contribution in [0.5, 0.6) is 5.75 Å². The van der Waals surface area contributed by atoms with Crippen LogP contribution in [0, 0.1) is 11.6 Å². The van der Waals surface area contributed by atoms with Crippen LogP contribution in [-0.2, 0) is 6.42 Å². The second-order valence-electron chi connectivity index (χ2n) is 11.4. The SMILES string of the molecule is CCCCCCCCCCCCc1ccc(-c2ccc(-c3ccc(-c4ccc(OCCC)c(F)c4F)cc3)cc2)cc1. The van der Waals surface area contributed by atoms with Crippen LogP contribution in [-0.4, -0.2) is 6.61 Å². The minimum absolute atomic E-state index is 0.0430. The Morgan fingerprint density at radius 1 is 0.452 bits per heavy atom. The van der Waals surface area contributed by atoms with E-state index in [-0.39, 0.29) is 11.3 Å². The molecule has 0 aliphatic carbocycles. The third kappa shape index (κ3) is 9.02. The number of aryl methyl sites for hydroxylation is 1. The predicted octanol–water partition coefficient (Wildman–Crippen LogP) is 12.2. The van der Waals surface area contributed by atoms with E-state index in [2.05, 4.69) is 55.5 Å². The molecule has 42 heavy (non-hydrogen) atoms. The summed E-state index contributed by atoms with van der Waals surface area (Å²) in [6.45, 7) is 4.55. The van der Waals surface area contributed by atoms with Crippen molar-refractivity contribution >= 4 is 0 Å². The molecule has 0 aliphatic heterocycles. The highest BCUT2D eigenvalue weighted by Crippen LogP contribution is 2.32. The zero-order valence-corrected chi connectivity index (χ0v) is 25.4.